The van der Waals surface area contributed by atoms with Gasteiger partial charge in [0.1, 0.15) is 0 Å². The minimum atomic E-state index is 0. The summed E-state index contributed by atoms with van der Waals surface area (Å²) in [6.07, 6.45) is 7.40. The summed E-state index contributed by atoms with van der Waals surface area (Å²) in [5.74, 6) is 5.78. The zero-order valence-corrected chi connectivity index (χ0v) is 15.1. The molecule has 0 aromatic heterocycles. The molecular weight excluding hydrogens is 324 g/mol. The van der Waals surface area contributed by atoms with Gasteiger partial charge in [0.05, 0.1) is 7.11 Å². The summed E-state index contributed by atoms with van der Waals surface area (Å²) < 4.78 is 5.58. The van der Waals surface area contributed by atoms with Crippen LogP contribution in [0.1, 0.15) is 43.6 Å². The van der Waals surface area contributed by atoms with E-state index in [1.54, 1.807) is 7.11 Å². The Bertz CT molecular complexity index is 434. The molecule has 4 fully saturated rings. The second-order valence-electron chi connectivity index (χ2n) is 6.62. The zero-order valence-electron chi connectivity index (χ0n) is 12.1. The molecule has 0 amide bonds. The van der Waals surface area contributed by atoms with Gasteiger partial charge in [0, 0.05) is 5.75 Å². The molecule has 0 heterocycles. The van der Waals surface area contributed by atoms with Crippen molar-refractivity contribution in [3.63, 3.8) is 0 Å². The fraction of sp³-hybridized carbons (Fsp3) is 0.647. The third kappa shape index (κ3) is 2.66. The molecule has 0 saturated heterocycles. The summed E-state index contributed by atoms with van der Waals surface area (Å²) in [6.45, 7) is 0. The Labute approximate surface area is 148 Å². The van der Waals surface area contributed by atoms with Crippen LogP contribution in [0.5, 0.6) is 5.75 Å². The third-order valence-electron chi connectivity index (χ3n) is 5.66. The number of ether oxygens (including phenoxy) is 1. The van der Waals surface area contributed by atoms with E-state index in [0.29, 0.717) is 0 Å². The molecule has 20 heavy (non-hydrogen) atoms. The molecule has 1 nitrogen and oxygen atoms in total. The molecule has 4 aliphatic rings. The fourth-order valence-electron chi connectivity index (χ4n) is 5.31. The first-order chi connectivity index (χ1) is 8.85. The quantitative estimate of drug-likeness (QED) is 0.565. The molecule has 0 radical (unpaired) electrons. The van der Waals surface area contributed by atoms with Crippen molar-refractivity contribution in [1.29, 1.82) is 0 Å². The van der Waals surface area contributed by atoms with Crippen molar-refractivity contribution in [1.82, 2.24) is 0 Å². The summed E-state index contributed by atoms with van der Waals surface area (Å²) in [6, 6.07) is 9.51. The number of methoxy groups -OCH3 is 1. The molecule has 0 aliphatic heterocycles. The van der Waals surface area contributed by atoms with E-state index in [1.165, 1.54) is 37.7 Å². The first-order valence-electron chi connectivity index (χ1n) is 7.39. The van der Waals surface area contributed by atoms with Gasteiger partial charge in [-0.2, -0.15) is 18.2 Å². The predicted molar refractivity (Wildman–Crippen MR) is 77.4 cm³/mol. The maximum absolute atomic E-state index is 5.58. The van der Waals surface area contributed by atoms with E-state index in [2.05, 4.69) is 18.2 Å². The molecule has 0 unspecified atom stereocenters. The Kier molecular flexibility index (Phi) is 5.47. The van der Waals surface area contributed by atoms with Crippen LogP contribution in [0.15, 0.2) is 18.2 Å². The molecule has 5 rings (SSSR count). The number of rotatable bonds is 2. The van der Waals surface area contributed by atoms with Crippen LogP contribution in [0.25, 0.3) is 0 Å². The number of hydrogen-bond donors (Lipinski definition) is 0. The molecule has 0 N–H and O–H groups in total. The summed E-state index contributed by atoms with van der Waals surface area (Å²) in [4.78, 5) is 0. The monoisotopic (exact) mass is 344 g/mol. The standard InChI is InChI=1S/C17H21O.BrH.Mg/c1-18-16-5-3-2-4-15(16)17-13-7-11-6-12(9-13)10-14(17)8-11;;/h3-5,11-14,17H,6-10H2,1H3;1H;/q-1;;+2/p-1. The van der Waals surface area contributed by atoms with E-state index in [4.69, 9.17) is 4.74 Å². The SMILES string of the molecule is COc1cc[c-]cc1C1C2CC3CC(C2)CC1C3.[Br-].[Mg+2]. The van der Waals surface area contributed by atoms with Gasteiger partial charge in [-0.1, -0.05) is 5.92 Å². The normalized spacial score (nSPS) is 37.0. The summed E-state index contributed by atoms with van der Waals surface area (Å²) in [5, 5.41) is 0. The van der Waals surface area contributed by atoms with Crippen molar-refractivity contribution in [3.8, 4) is 5.75 Å². The molecule has 1 aromatic rings. The van der Waals surface area contributed by atoms with E-state index in [1.807, 2.05) is 6.07 Å². The largest absolute Gasteiger partial charge is 2.00 e. The number of benzene rings is 1. The van der Waals surface area contributed by atoms with Gasteiger partial charge in [-0.05, 0) is 55.8 Å². The fourth-order valence-corrected chi connectivity index (χ4v) is 5.31. The van der Waals surface area contributed by atoms with Crippen molar-refractivity contribution in [2.24, 2.45) is 23.7 Å². The van der Waals surface area contributed by atoms with Crippen LogP contribution in [-0.2, 0) is 0 Å². The Hall–Kier alpha value is 0.266. The van der Waals surface area contributed by atoms with Gasteiger partial charge in [-0.25, -0.2) is 0 Å². The zero-order chi connectivity index (χ0) is 12.1. The molecule has 1 aromatic carbocycles. The van der Waals surface area contributed by atoms with Crippen molar-refractivity contribution >= 4 is 23.1 Å². The third-order valence-corrected chi connectivity index (χ3v) is 5.66. The van der Waals surface area contributed by atoms with Crippen LogP contribution in [-0.4, -0.2) is 30.2 Å². The first kappa shape index (κ1) is 16.6. The molecule has 3 heteroatoms. The van der Waals surface area contributed by atoms with Crippen molar-refractivity contribution in [2.75, 3.05) is 7.11 Å². The van der Waals surface area contributed by atoms with Crippen LogP contribution in [0, 0.1) is 29.7 Å². The average Bonchev–Trinajstić information content (AvgIpc) is 2.38. The molecule has 4 aliphatic carbocycles. The molecule has 4 saturated carbocycles. The molecule has 0 spiro atoms. The molecule has 104 valence electrons. The van der Waals surface area contributed by atoms with Crippen molar-refractivity contribution < 1.29 is 21.7 Å². The van der Waals surface area contributed by atoms with Gasteiger partial charge in [-0.3, -0.25) is 0 Å². The van der Waals surface area contributed by atoms with Crippen LogP contribution in [0.2, 0.25) is 0 Å². The van der Waals surface area contributed by atoms with Crippen molar-refractivity contribution in [2.45, 2.75) is 38.0 Å². The van der Waals surface area contributed by atoms with E-state index >= 15 is 0 Å². The van der Waals surface area contributed by atoms with Crippen LogP contribution in [0.3, 0.4) is 0 Å². The average molecular weight is 346 g/mol. The molecule has 0 atom stereocenters. The minimum Gasteiger partial charge on any atom is -1.00 e. The second-order valence-corrected chi connectivity index (χ2v) is 6.62. The maximum atomic E-state index is 5.58. The number of hydrogen-bond acceptors (Lipinski definition) is 1. The Morgan fingerprint density at radius 2 is 1.65 bits per heavy atom. The van der Waals surface area contributed by atoms with E-state index in [9.17, 15) is 0 Å². The van der Waals surface area contributed by atoms with Crippen molar-refractivity contribution in [3.05, 3.63) is 29.8 Å². The summed E-state index contributed by atoms with van der Waals surface area (Å²) in [7, 11) is 1.80. The predicted octanol–water partition coefficient (Wildman–Crippen LogP) is 0.658. The van der Waals surface area contributed by atoms with Gasteiger partial charge in [0.2, 0.25) is 0 Å². The van der Waals surface area contributed by atoms with Gasteiger partial charge in [-0.15, -0.1) is 11.6 Å². The van der Waals surface area contributed by atoms with Gasteiger partial charge >= 0.3 is 23.1 Å². The van der Waals surface area contributed by atoms with E-state index in [-0.39, 0.29) is 40.0 Å². The van der Waals surface area contributed by atoms with Crippen LogP contribution < -0.4 is 21.7 Å². The molecule has 4 bridgehead atoms. The van der Waals surface area contributed by atoms with Crippen LogP contribution in [0.4, 0.5) is 0 Å². The smallest absolute Gasteiger partial charge is 1.00 e. The van der Waals surface area contributed by atoms with E-state index in [0.717, 1.165) is 35.3 Å². The summed E-state index contributed by atoms with van der Waals surface area (Å²) in [5.41, 5.74) is 1.44. The number of halogens is 1. The Morgan fingerprint density at radius 1 is 1.05 bits per heavy atom. The minimum absolute atomic E-state index is 0. The Balaban J connectivity index is 0.000000735. The van der Waals surface area contributed by atoms with Crippen LogP contribution >= 0.6 is 0 Å². The topological polar surface area (TPSA) is 9.23 Å². The van der Waals surface area contributed by atoms with Gasteiger partial charge in [0.15, 0.2) is 0 Å². The first-order valence-corrected chi connectivity index (χ1v) is 7.39. The maximum Gasteiger partial charge on any atom is 2.00 e. The molecular formula is C17H21BrMgO. The van der Waals surface area contributed by atoms with Gasteiger partial charge in [0.25, 0.3) is 0 Å². The summed E-state index contributed by atoms with van der Waals surface area (Å²) >= 11 is 0. The second kappa shape index (κ2) is 6.58. The van der Waals surface area contributed by atoms with Gasteiger partial charge < -0.3 is 21.7 Å². The van der Waals surface area contributed by atoms with E-state index < -0.39 is 0 Å². The Morgan fingerprint density at radius 3 is 2.20 bits per heavy atom.